The molecule has 2 aromatic carbocycles. The average Bonchev–Trinajstić information content (AvgIpc) is 2.60. The van der Waals surface area contributed by atoms with E-state index < -0.39 is 0 Å². The van der Waals surface area contributed by atoms with E-state index >= 15 is 0 Å². The van der Waals surface area contributed by atoms with Gasteiger partial charge >= 0.3 is 0 Å². The number of methoxy groups -OCH3 is 2. The standard InChI is InChI=1S/C20H27NO3/c1-21(2)13-5-6-16-7-12-20(23-4)17(14-16)15-24-19-10-8-18(22-3)9-11-19/h7-12,14H,5-6,13,15H2,1-4H3. The highest BCUT2D eigenvalue weighted by Crippen LogP contribution is 2.24. The maximum absolute atomic E-state index is 5.89. The number of rotatable bonds is 9. The van der Waals surface area contributed by atoms with E-state index in [1.165, 1.54) is 5.56 Å². The van der Waals surface area contributed by atoms with Gasteiger partial charge in [-0.3, -0.25) is 0 Å². The molecule has 0 aliphatic carbocycles. The van der Waals surface area contributed by atoms with Crippen molar-refractivity contribution < 1.29 is 14.2 Å². The van der Waals surface area contributed by atoms with Crippen LogP contribution in [0.4, 0.5) is 0 Å². The van der Waals surface area contributed by atoms with E-state index in [4.69, 9.17) is 14.2 Å². The summed E-state index contributed by atoms with van der Waals surface area (Å²) in [6.45, 7) is 1.57. The fourth-order valence-electron chi connectivity index (χ4n) is 2.53. The Morgan fingerprint density at radius 2 is 1.58 bits per heavy atom. The molecule has 2 rings (SSSR count). The smallest absolute Gasteiger partial charge is 0.125 e. The molecule has 0 N–H and O–H groups in total. The van der Waals surface area contributed by atoms with Gasteiger partial charge in [-0.15, -0.1) is 0 Å². The second kappa shape index (κ2) is 9.18. The number of aryl methyl sites for hydroxylation is 1. The Balaban J connectivity index is 2.00. The highest BCUT2D eigenvalue weighted by atomic mass is 16.5. The van der Waals surface area contributed by atoms with E-state index in [1.807, 2.05) is 30.3 Å². The summed E-state index contributed by atoms with van der Waals surface area (Å²) in [6, 6.07) is 13.9. The first-order valence-corrected chi connectivity index (χ1v) is 8.19. The van der Waals surface area contributed by atoms with Gasteiger partial charge in [-0.25, -0.2) is 0 Å². The van der Waals surface area contributed by atoms with Gasteiger partial charge in [0.25, 0.3) is 0 Å². The molecule has 0 amide bonds. The first kappa shape index (κ1) is 18.1. The summed E-state index contributed by atoms with van der Waals surface area (Å²) in [5, 5.41) is 0. The molecule has 0 saturated carbocycles. The van der Waals surface area contributed by atoms with Gasteiger partial charge in [-0.1, -0.05) is 6.07 Å². The van der Waals surface area contributed by atoms with Crippen LogP contribution in [-0.4, -0.2) is 39.8 Å². The van der Waals surface area contributed by atoms with Gasteiger partial charge in [0.05, 0.1) is 14.2 Å². The van der Waals surface area contributed by atoms with Gasteiger partial charge < -0.3 is 19.1 Å². The molecule has 0 radical (unpaired) electrons. The zero-order chi connectivity index (χ0) is 17.4. The topological polar surface area (TPSA) is 30.9 Å². The first-order valence-electron chi connectivity index (χ1n) is 8.19. The third-order valence-corrected chi connectivity index (χ3v) is 3.87. The number of hydrogen-bond acceptors (Lipinski definition) is 4. The number of nitrogens with zero attached hydrogens (tertiary/aromatic N) is 1. The molecule has 0 fully saturated rings. The summed E-state index contributed by atoms with van der Waals surface area (Å²) < 4.78 is 16.5. The summed E-state index contributed by atoms with van der Waals surface area (Å²) in [6.07, 6.45) is 2.19. The highest BCUT2D eigenvalue weighted by Gasteiger charge is 2.06. The maximum Gasteiger partial charge on any atom is 0.125 e. The van der Waals surface area contributed by atoms with Gasteiger partial charge in [0, 0.05) is 5.56 Å². The molecule has 0 aliphatic rings. The van der Waals surface area contributed by atoms with Crippen LogP contribution in [0.15, 0.2) is 42.5 Å². The predicted molar refractivity (Wildman–Crippen MR) is 97.2 cm³/mol. The SMILES string of the molecule is COc1ccc(OCc2cc(CCCN(C)C)ccc2OC)cc1. The average molecular weight is 329 g/mol. The number of hydrogen-bond donors (Lipinski definition) is 0. The van der Waals surface area contributed by atoms with E-state index in [9.17, 15) is 0 Å². The Kier molecular flexibility index (Phi) is 6.94. The van der Waals surface area contributed by atoms with Crippen molar-refractivity contribution in [2.75, 3.05) is 34.9 Å². The van der Waals surface area contributed by atoms with Crippen LogP contribution in [0, 0.1) is 0 Å². The van der Waals surface area contributed by atoms with Crippen LogP contribution >= 0.6 is 0 Å². The van der Waals surface area contributed by atoms with Gasteiger partial charge in [-0.2, -0.15) is 0 Å². The molecule has 0 aromatic heterocycles. The third kappa shape index (κ3) is 5.46. The fourth-order valence-corrected chi connectivity index (χ4v) is 2.53. The minimum atomic E-state index is 0.483. The van der Waals surface area contributed by atoms with Crippen molar-refractivity contribution in [2.24, 2.45) is 0 Å². The quantitative estimate of drug-likeness (QED) is 0.700. The molecule has 4 nitrogen and oxygen atoms in total. The molecule has 4 heteroatoms. The Morgan fingerprint density at radius 3 is 2.21 bits per heavy atom. The molecule has 24 heavy (non-hydrogen) atoms. The minimum absolute atomic E-state index is 0.483. The van der Waals surface area contributed by atoms with Crippen LogP contribution in [-0.2, 0) is 13.0 Å². The van der Waals surface area contributed by atoms with E-state index in [0.717, 1.165) is 42.2 Å². The molecule has 0 saturated heterocycles. The van der Waals surface area contributed by atoms with Crippen LogP contribution in [0.2, 0.25) is 0 Å². The molecular weight excluding hydrogens is 302 g/mol. The Morgan fingerprint density at radius 1 is 0.875 bits per heavy atom. The van der Waals surface area contributed by atoms with Crippen LogP contribution in [0.25, 0.3) is 0 Å². The zero-order valence-electron chi connectivity index (χ0n) is 15.0. The number of benzene rings is 2. The van der Waals surface area contributed by atoms with Crippen LogP contribution in [0.3, 0.4) is 0 Å². The lowest BCUT2D eigenvalue weighted by atomic mass is 10.1. The van der Waals surface area contributed by atoms with Crippen LogP contribution in [0.5, 0.6) is 17.2 Å². The maximum atomic E-state index is 5.89. The predicted octanol–water partition coefficient (Wildman–Crippen LogP) is 3.78. The van der Waals surface area contributed by atoms with Gasteiger partial charge in [0.15, 0.2) is 0 Å². The molecule has 0 aliphatic heterocycles. The monoisotopic (exact) mass is 329 g/mol. The molecule has 0 unspecified atom stereocenters. The minimum Gasteiger partial charge on any atom is -0.497 e. The first-order chi connectivity index (χ1) is 11.6. The van der Waals surface area contributed by atoms with Crippen LogP contribution < -0.4 is 14.2 Å². The van der Waals surface area contributed by atoms with E-state index in [-0.39, 0.29) is 0 Å². The molecule has 2 aromatic rings. The second-order valence-electron chi connectivity index (χ2n) is 6.02. The molecule has 130 valence electrons. The lowest BCUT2D eigenvalue weighted by Gasteiger charge is -2.13. The fraction of sp³-hybridized carbons (Fsp3) is 0.400. The van der Waals surface area contributed by atoms with Gasteiger partial charge in [0.2, 0.25) is 0 Å². The van der Waals surface area contributed by atoms with E-state index in [0.29, 0.717) is 6.61 Å². The lowest BCUT2D eigenvalue weighted by molar-refractivity contribution is 0.296. The summed E-state index contributed by atoms with van der Waals surface area (Å²) in [4.78, 5) is 2.21. The number of ether oxygens (including phenoxy) is 3. The molecular formula is C20H27NO3. The zero-order valence-corrected chi connectivity index (χ0v) is 15.0. The Hall–Kier alpha value is -2.20. The van der Waals surface area contributed by atoms with E-state index in [2.05, 4.69) is 31.1 Å². The van der Waals surface area contributed by atoms with Crippen molar-refractivity contribution in [3.63, 3.8) is 0 Å². The van der Waals surface area contributed by atoms with Crippen molar-refractivity contribution in [2.45, 2.75) is 19.4 Å². The second-order valence-corrected chi connectivity index (χ2v) is 6.02. The third-order valence-electron chi connectivity index (χ3n) is 3.87. The van der Waals surface area contributed by atoms with Crippen molar-refractivity contribution in [3.05, 3.63) is 53.6 Å². The van der Waals surface area contributed by atoms with Crippen molar-refractivity contribution in [1.82, 2.24) is 4.90 Å². The lowest BCUT2D eigenvalue weighted by Crippen LogP contribution is -2.13. The van der Waals surface area contributed by atoms with E-state index in [1.54, 1.807) is 14.2 Å². The summed E-state index contributed by atoms with van der Waals surface area (Å²) >= 11 is 0. The molecule has 0 bridgehead atoms. The summed E-state index contributed by atoms with van der Waals surface area (Å²) in [5.41, 5.74) is 2.38. The van der Waals surface area contributed by atoms with Crippen molar-refractivity contribution >= 4 is 0 Å². The normalized spacial score (nSPS) is 10.7. The Labute approximate surface area is 145 Å². The van der Waals surface area contributed by atoms with Crippen LogP contribution in [0.1, 0.15) is 17.5 Å². The molecule has 0 atom stereocenters. The molecule has 0 spiro atoms. The van der Waals surface area contributed by atoms with Gasteiger partial charge in [0.1, 0.15) is 23.9 Å². The Bertz CT molecular complexity index is 623. The summed E-state index contributed by atoms with van der Waals surface area (Å²) in [5.74, 6) is 2.50. The molecule has 0 heterocycles. The van der Waals surface area contributed by atoms with Crippen molar-refractivity contribution in [3.8, 4) is 17.2 Å². The largest absolute Gasteiger partial charge is 0.497 e. The van der Waals surface area contributed by atoms with Crippen molar-refractivity contribution in [1.29, 1.82) is 0 Å². The summed E-state index contributed by atoms with van der Waals surface area (Å²) in [7, 11) is 7.55. The van der Waals surface area contributed by atoms with Gasteiger partial charge in [-0.05, 0) is 75.4 Å². The highest BCUT2D eigenvalue weighted by molar-refractivity contribution is 5.38.